The zero-order valence-electron chi connectivity index (χ0n) is 23.0. The van der Waals surface area contributed by atoms with Gasteiger partial charge in [0.05, 0.1) is 11.6 Å². The molecule has 1 aromatic heterocycles. The highest BCUT2D eigenvalue weighted by Crippen LogP contribution is 2.45. The lowest BCUT2D eigenvalue weighted by molar-refractivity contribution is -0.132. The lowest BCUT2D eigenvalue weighted by atomic mass is 9.94. The predicted octanol–water partition coefficient (Wildman–Crippen LogP) is 6.48. The van der Waals surface area contributed by atoms with Crippen LogP contribution in [0.1, 0.15) is 35.2 Å². The topological polar surface area (TPSA) is 102 Å². The standard InChI is InChI=1S/C32H26FN3O5S2/c1-3-13-40-23-9-6-8-19(16-23)27-26(28(37)20-11-12-25-22(15-20)14-18(2)41-25)29(38)30(39)36(27)31-34-35-32(43-31)42-17-21-7-4-5-10-24(21)33/h3-12,15-16,18,27,37H,1,13-14,17H2,2H3/t18-,27-/m0/s1. The highest BCUT2D eigenvalue weighted by molar-refractivity contribution is 8.00. The number of rotatable bonds is 9. The SMILES string of the molecule is C=CCOc1cccc([C@H]2C(=C(O)c3ccc4c(c3)C[C@H](C)O4)C(=O)C(=O)N2c2nnc(SCc3ccccc3F)s2)c1. The number of thioether (sulfide) groups is 1. The summed E-state index contributed by atoms with van der Waals surface area (Å²) in [7, 11) is 0. The molecule has 0 aliphatic carbocycles. The third-order valence-electron chi connectivity index (χ3n) is 7.07. The Labute approximate surface area is 255 Å². The van der Waals surface area contributed by atoms with E-state index in [9.17, 15) is 19.1 Å². The number of halogens is 1. The van der Waals surface area contributed by atoms with Crippen molar-refractivity contribution in [2.24, 2.45) is 0 Å². The number of nitrogens with zero attached hydrogens (tertiary/aromatic N) is 3. The molecule has 4 aromatic rings. The molecule has 1 fully saturated rings. The number of ether oxygens (including phenoxy) is 2. The molecule has 2 aliphatic heterocycles. The quantitative estimate of drug-likeness (QED) is 0.0570. The normalized spacial score (nSPS) is 18.9. The monoisotopic (exact) mass is 615 g/mol. The van der Waals surface area contributed by atoms with Crippen LogP contribution in [0.25, 0.3) is 5.76 Å². The van der Waals surface area contributed by atoms with Crippen molar-refractivity contribution in [1.29, 1.82) is 0 Å². The Morgan fingerprint density at radius 1 is 1.19 bits per heavy atom. The summed E-state index contributed by atoms with van der Waals surface area (Å²) in [5.41, 5.74) is 2.28. The molecule has 0 spiro atoms. The van der Waals surface area contributed by atoms with Gasteiger partial charge in [0.25, 0.3) is 5.78 Å². The van der Waals surface area contributed by atoms with Gasteiger partial charge in [-0.15, -0.1) is 10.2 Å². The number of hydrogen-bond donors (Lipinski definition) is 1. The summed E-state index contributed by atoms with van der Waals surface area (Å²) in [6.07, 6.45) is 2.27. The smallest absolute Gasteiger partial charge is 0.301 e. The van der Waals surface area contributed by atoms with Crippen LogP contribution in [-0.4, -0.2) is 39.7 Å². The summed E-state index contributed by atoms with van der Waals surface area (Å²) in [5, 5.41) is 20.2. The number of aromatic nitrogens is 2. The van der Waals surface area contributed by atoms with Gasteiger partial charge in [-0.25, -0.2) is 4.39 Å². The van der Waals surface area contributed by atoms with Crippen LogP contribution in [0.5, 0.6) is 11.5 Å². The molecule has 6 rings (SSSR count). The molecule has 0 saturated carbocycles. The van der Waals surface area contributed by atoms with E-state index in [4.69, 9.17) is 9.47 Å². The Morgan fingerprint density at radius 2 is 2.02 bits per heavy atom. The van der Waals surface area contributed by atoms with Crippen molar-refractivity contribution in [2.45, 2.75) is 35.6 Å². The first-order valence-corrected chi connectivity index (χ1v) is 15.3. The van der Waals surface area contributed by atoms with Gasteiger partial charge >= 0.3 is 5.91 Å². The van der Waals surface area contributed by atoms with Gasteiger partial charge in [0.2, 0.25) is 5.13 Å². The summed E-state index contributed by atoms with van der Waals surface area (Å²) >= 11 is 2.38. The molecule has 1 N–H and O–H groups in total. The Bertz CT molecular complexity index is 1770. The molecule has 0 unspecified atom stereocenters. The minimum Gasteiger partial charge on any atom is -0.507 e. The average Bonchev–Trinajstić information content (AvgIpc) is 3.70. The van der Waals surface area contributed by atoms with Gasteiger partial charge in [0.15, 0.2) is 4.34 Å². The van der Waals surface area contributed by atoms with Crippen LogP contribution in [0.15, 0.2) is 89.3 Å². The number of ketones is 1. The zero-order chi connectivity index (χ0) is 30.1. The third-order valence-corrected chi connectivity index (χ3v) is 9.17. The van der Waals surface area contributed by atoms with Gasteiger partial charge in [0.1, 0.15) is 35.8 Å². The molecule has 43 heavy (non-hydrogen) atoms. The van der Waals surface area contributed by atoms with Gasteiger partial charge in [-0.3, -0.25) is 14.5 Å². The Balaban J connectivity index is 1.40. The second kappa shape index (κ2) is 12.0. The molecule has 0 bridgehead atoms. The van der Waals surface area contributed by atoms with E-state index in [0.29, 0.717) is 39.0 Å². The summed E-state index contributed by atoms with van der Waals surface area (Å²) in [6.45, 7) is 5.90. The van der Waals surface area contributed by atoms with Gasteiger partial charge in [-0.05, 0) is 60.0 Å². The zero-order valence-corrected chi connectivity index (χ0v) is 24.7. The summed E-state index contributed by atoms with van der Waals surface area (Å²) < 4.78 is 26.2. The first kappa shape index (κ1) is 28.6. The summed E-state index contributed by atoms with van der Waals surface area (Å²) in [4.78, 5) is 28.5. The summed E-state index contributed by atoms with van der Waals surface area (Å²) in [5.74, 6) is -0.773. The van der Waals surface area contributed by atoms with Crippen molar-refractivity contribution in [3.8, 4) is 11.5 Å². The van der Waals surface area contributed by atoms with Crippen LogP contribution in [0.2, 0.25) is 0 Å². The number of Topliss-reactive ketones (excluding diaryl/α,β-unsaturated/α-hetero) is 1. The Kier molecular flexibility index (Phi) is 8.00. The first-order chi connectivity index (χ1) is 20.8. The average molecular weight is 616 g/mol. The molecule has 3 heterocycles. The molecule has 0 radical (unpaired) electrons. The van der Waals surface area contributed by atoms with E-state index in [0.717, 1.165) is 22.6 Å². The van der Waals surface area contributed by atoms with Crippen molar-refractivity contribution in [2.75, 3.05) is 11.5 Å². The number of anilines is 1. The maximum absolute atomic E-state index is 14.1. The van der Waals surface area contributed by atoms with Crippen molar-refractivity contribution >= 4 is 45.7 Å². The lowest BCUT2D eigenvalue weighted by Crippen LogP contribution is -2.29. The van der Waals surface area contributed by atoms with E-state index in [1.165, 1.54) is 22.7 Å². The molecule has 11 heteroatoms. The number of fused-ring (bicyclic) bond motifs is 1. The molecular formula is C32H26FN3O5S2. The van der Waals surface area contributed by atoms with Gasteiger partial charge < -0.3 is 14.6 Å². The fourth-order valence-corrected chi connectivity index (χ4v) is 6.97. The van der Waals surface area contributed by atoms with Crippen LogP contribution in [0, 0.1) is 5.82 Å². The highest BCUT2D eigenvalue weighted by Gasteiger charge is 2.48. The van der Waals surface area contributed by atoms with Crippen molar-refractivity contribution in [3.63, 3.8) is 0 Å². The maximum Gasteiger partial charge on any atom is 0.301 e. The molecule has 1 amide bonds. The number of hydrogen-bond acceptors (Lipinski definition) is 9. The number of benzene rings is 3. The molecule has 2 atom stereocenters. The first-order valence-electron chi connectivity index (χ1n) is 13.5. The maximum atomic E-state index is 14.1. The third kappa shape index (κ3) is 5.65. The number of aliphatic hydroxyl groups excluding tert-OH is 1. The second-order valence-corrected chi connectivity index (χ2v) is 12.2. The molecular weight excluding hydrogens is 590 g/mol. The van der Waals surface area contributed by atoms with Crippen LogP contribution >= 0.6 is 23.1 Å². The van der Waals surface area contributed by atoms with Crippen molar-refractivity contribution in [3.05, 3.63) is 113 Å². The van der Waals surface area contributed by atoms with E-state index >= 15 is 0 Å². The van der Waals surface area contributed by atoms with Crippen LogP contribution in [-0.2, 0) is 21.8 Å². The number of carbonyl (C=O) groups excluding carboxylic acids is 2. The predicted molar refractivity (Wildman–Crippen MR) is 163 cm³/mol. The van der Waals surface area contributed by atoms with Crippen LogP contribution < -0.4 is 14.4 Å². The van der Waals surface area contributed by atoms with Crippen LogP contribution in [0.4, 0.5) is 9.52 Å². The minimum absolute atomic E-state index is 0.000802. The van der Waals surface area contributed by atoms with E-state index in [-0.39, 0.29) is 35.0 Å². The molecule has 3 aromatic carbocycles. The molecule has 2 aliphatic rings. The van der Waals surface area contributed by atoms with Gasteiger partial charge in [-0.1, -0.05) is 66.1 Å². The van der Waals surface area contributed by atoms with E-state index < -0.39 is 17.7 Å². The number of aliphatic hydroxyl groups is 1. The molecule has 8 nitrogen and oxygen atoms in total. The van der Waals surface area contributed by atoms with Gasteiger partial charge in [-0.2, -0.15) is 0 Å². The number of carbonyl (C=O) groups is 2. The minimum atomic E-state index is -1.01. The van der Waals surface area contributed by atoms with Crippen LogP contribution in [0.3, 0.4) is 0 Å². The van der Waals surface area contributed by atoms with E-state index in [1.807, 2.05) is 6.92 Å². The van der Waals surface area contributed by atoms with Crippen molar-refractivity contribution in [1.82, 2.24) is 10.2 Å². The fourth-order valence-electron chi connectivity index (χ4n) is 5.11. The van der Waals surface area contributed by atoms with Crippen molar-refractivity contribution < 1.29 is 28.6 Å². The van der Waals surface area contributed by atoms with E-state index in [1.54, 1.807) is 66.7 Å². The number of amides is 1. The largest absolute Gasteiger partial charge is 0.507 e. The molecule has 1 saturated heterocycles. The lowest BCUT2D eigenvalue weighted by Gasteiger charge is -2.23. The molecule has 218 valence electrons. The Hall–Kier alpha value is -4.48. The summed E-state index contributed by atoms with van der Waals surface area (Å²) in [6, 6.07) is 17.6. The fraction of sp³-hybridized carbons (Fsp3) is 0.188. The Morgan fingerprint density at radius 3 is 2.84 bits per heavy atom. The van der Waals surface area contributed by atoms with Gasteiger partial charge in [0, 0.05) is 17.7 Å². The van der Waals surface area contributed by atoms with E-state index in [2.05, 4.69) is 16.8 Å². The highest BCUT2D eigenvalue weighted by atomic mass is 32.2. The second-order valence-electron chi connectivity index (χ2n) is 10.0.